The number of aromatic nitrogens is 1. The van der Waals surface area contributed by atoms with Crippen LogP contribution in [0.4, 0.5) is 0 Å². The number of carbonyl (C=O) groups excluding carboxylic acids is 2. The van der Waals surface area contributed by atoms with Crippen molar-refractivity contribution in [3.8, 4) is 11.5 Å². The summed E-state index contributed by atoms with van der Waals surface area (Å²) in [5.74, 6) is 1.20. The zero-order valence-electron chi connectivity index (χ0n) is 21.8. The number of fused-ring (bicyclic) bond motifs is 5. The minimum absolute atomic E-state index is 0.00842. The summed E-state index contributed by atoms with van der Waals surface area (Å²) in [6.07, 6.45) is 1.70. The highest BCUT2D eigenvalue weighted by Gasteiger charge is 2.56. The number of methoxy groups -OCH3 is 1. The highest BCUT2D eigenvalue weighted by Crippen LogP contribution is 2.49. The Kier molecular flexibility index (Phi) is 6.18. The summed E-state index contributed by atoms with van der Waals surface area (Å²) in [7, 11) is 1.64. The first kappa shape index (κ1) is 24.2. The number of ether oxygens (including phenoxy) is 2. The molecular weight excluding hydrogens is 454 g/mol. The number of amides is 2. The first-order valence-electron chi connectivity index (χ1n) is 12.9. The van der Waals surface area contributed by atoms with Gasteiger partial charge in [-0.1, -0.05) is 38.1 Å². The van der Waals surface area contributed by atoms with Gasteiger partial charge in [0.15, 0.2) is 17.0 Å². The van der Waals surface area contributed by atoms with Gasteiger partial charge in [-0.25, -0.2) is 0 Å². The summed E-state index contributed by atoms with van der Waals surface area (Å²) in [5, 5.41) is 1.07. The second-order valence-electron chi connectivity index (χ2n) is 10.0. The van der Waals surface area contributed by atoms with Crippen LogP contribution in [0.5, 0.6) is 11.5 Å². The fraction of sp³-hybridized carbons (Fsp3) is 0.448. The molecule has 1 N–H and O–H groups in total. The van der Waals surface area contributed by atoms with Crippen molar-refractivity contribution < 1.29 is 19.1 Å². The van der Waals surface area contributed by atoms with Crippen LogP contribution in [0.3, 0.4) is 0 Å². The predicted molar refractivity (Wildman–Crippen MR) is 139 cm³/mol. The molecule has 7 heteroatoms. The van der Waals surface area contributed by atoms with Crippen molar-refractivity contribution in [3.05, 3.63) is 59.3 Å². The maximum atomic E-state index is 14.0. The molecule has 0 bridgehead atoms. The van der Waals surface area contributed by atoms with Gasteiger partial charge >= 0.3 is 0 Å². The number of hydrogen-bond donors (Lipinski definition) is 1. The number of carbonyl (C=O) groups is 2. The monoisotopic (exact) mass is 489 g/mol. The average Bonchev–Trinajstić information content (AvgIpc) is 3.30. The van der Waals surface area contributed by atoms with Gasteiger partial charge < -0.3 is 24.3 Å². The molecule has 0 saturated carbocycles. The van der Waals surface area contributed by atoms with E-state index in [1.54, 1.807) is 16.9 Å². The first-order valence-corrected chi connectivity index (χ1v) is 12.9. The summed E-state index contributed by atoms with van der Waals surface area (Å²) in [5.41, 5.74) is 2.77. The topological polar surface area (TPSA) is 74.9 Å². The van der Waals surface area contributed by atoms with E-state index in [0.29, 0.717) is 24.7 Å². The third-order valence-corrected chi connectivity index (χ3v) is 7.95. The molecule has 36 heavy (non-hydrogen) atoms. The zero-order valence-corrected chi connectivity index (χ0v) is 21.8. The molecule has 2 aliphatic heterocycles. The molecule has 1 fully saturated rings. The number of H-pyrrole nitrogens is 1. The maximum absolute atomic E-state index is 14.0. The summed E-state index contributed by atoms with van der Waals surface area (Å²) in [4.78, 5) is 34.7. The number of piperazine rings is 1. The van der Waals surface area contributed by atoms with E-state index in [1.807, 2.05) is 57.2 Å². The van der Waals surface area contributed by atoms with E-state index in [1.165, 1.54) is 0 Å². The SMILES string of the molecule is CCCOc1ccc([C@H]2CN3C(=O)CN([C@H](C)CC)C(=O)[C@]3(C)c3[nH]c4ccccc4c32)cc1OC. The number of rotatable bonds is 7. The molecule has 3 heterocycles. The Morgan fingerprint density at radius 2 is 1.92 bits per heavy atom. The minimum atomic E-state index is -1.09. The van der Waals surface area contributed by atoms with Crippen LogP contribution in [0, 0.1) is 0 Å². The van der Waals surface area contributed by atoms with E-state index in [-0.39, 0.29) is 30.3 Å². The Morgan fingerprint density at radius 3 is 2.64 bits per heavy atom. The molecule has 1 saturated heterocycles. The van der Waals surface area contributed by atoms with Gasteiger partial charge in [0.2, 0.25) is 5.91 Å². The normalized spacial score (nSPS) is 22.4. The molecule has 0 radical (unpaired) electrons. The predicted octanol–water partition coefficient (Wildman–Crippen LogP) is 4.80. The van der Waals surface area contributed by atoms with E-state index < -0.39 is 5.54 Å². The molecule has 5 rings (SSSR count). The molecule has 0 spiro atoms. The van der Waals surface area contributed by atoms with Crippen molar-refractivity contribution in [1.82, 2.24) is 14.8 Å². The minimum Gasteiger partial charge on any atom is -0.493 e. The lowest BCUT2D eigenvalue weighted by Crippen LogP contribution is -2.68. The van der Waals surface area contributed by atoms with E-state index >= 15 is 0 Å². The fourth-order valence-corrected chi connectivity index (χ4v) is 5.74. The van der Waals surface area contributed by atoms with Crippen LogP contribution in [-0.4, -0.2) is 59.4 Å². The van der Waals surface area contributed by atoms with Crippen molar-refractivity contribution in [2.24, 2.45) is 0 Å². The second kappa shape index (κ2) is 9.19. The van der Waals surface area contributed by atoms with Crippen LogP contribution in [0.1, 0.15) is 63.3 Å². The van der Waals surface area contributed by atoms with Gasteiger partial charge in [-0.05, 0) is 56.0 Å². The number of aromatic amines is 1. The maximum Gasteiger partial charge on any atom is 0.255 e. The molecule has 7 nitrogen and oxygen atoms in total. The molecule has 190 valence electrons. The van der Waals surface area contributed by atoms with Crippen LogP contribution in [-0.2, 0) is 15.1 Å². The van der Waals surface area contributed by atoms with Gasteiger partial charge in [0, 0.05) is 29.4 Å². The Balaban J connectivity index is 1.69. The standard InChI is InChI=1S/C29H35N3O4/c1-6-14-36-23-13-12-19(15-24(23)35-5)21-16-32-25(33)17-31(18(3)7-2)28(34)29(32,4)27-26(21)20-10-8-9-11-22(20)30-27/h8-13,15,18,21,30H,6-7,14,16-17H2,1-5H3/t18-,21-,29+/m1/s1. The molecular formula is C29H35N3O4. The Labute approximate surface area is 212 Å². The van der Waals surface area contributed by atoms with Crippen LogP contribution >= 0.6 is 0 Å². The summed E-state index contributed by atoms with van der Waals surface area (Å²) < 4.78 is 11.6. The van der Waals surface area contributed by atoms with Crippen molar-refractivity contribution in [2.45, 2.75) is 58.0 Å². The lowest BCUT2D eigenvalue weighted by Gasteiger charge is -2.52. The van der Waals surface area contributed by atoms with Crippen molar-refractivity contribution in [1.29, 1.82) is 0 Å². The number of hydrogen-bond acceptors (Lipinski definition) is 4. The number of benzene rings is 2. The second-order valence-corrected chi connectivity index (χ2v) is 10.0. The first-order chi connectivity index (χ1) is 17.3. The van der Waals surface area contributed by atoms with Gasteiger partial charge in [0.25, 0.3) is 5.91 Å². The zero-order chi connectivity index (χ0) is 25.6. The van der Waals surface area contributed by atoms with Crippen LogP contribution in [0.15, 0.2) is 42.5 Å². The average molecular weight is 490 g/mol. The van der Waals surface area contributed by atoms with Crippen molar-refractivity contribution >= 4 is 22.7 Å². The number of para-hydroxylation sites is 1. The molecule has 0 unspecified atom stereocenters. The molecule has 2 aromatic carbocycles. The molecule has 2 amide bonds. The largest absolute Gasteiger partial charge is 0.493 e. The van der Waals surface area contributed by atoms with Gasteiger partial charge in [0.05, 0.1) is 19.4 Å². The quantitative estimate of drug-likeness (QED) is 0.518. The van der Waals surface area contributed by atoms with E-state index in [4.69, 9.17) is 9.47 Å². The third kappa shape index (κ3) is 3.55. The summed E-state index contributed by atoms with van der Waals surface area (Å²) in [6, 6.07) is 14.1. The van der Waals surface area contributed by atoms with Crippen molar-refractivity contribution in [2.75, 3.05) is 26.8 Å². The molecule has 2 aliphatic rings. The highest BCUT2D eigenvalue weighted by atomic mass is 16.5. The molecule has 1 aromatic heterocycles. The molecule has 3 atom stereocenters. The van der Waals surface area contributed by atoms with E-state index in [2.05, 4.69) is 18.0 Å². The van der Waals surface area contributed by atoms with Gasteiger partial charge in [-0.3, -0.25) is 9.59 Å². The van der Waals surface area contributed by atoms with E-state index in [0.717, 1.165) is 40.6 Å². The van der Waals surface area contributed by atoms with Crippen molar-refractivity contribution in [3.63, 3.8) is 0 Å². The lowest BCUT2D eigenvalue weighted by molar-refractivity contribution is -0.168. The van der Waals surface area contributed by atoms with Gasteiger partial charge in [0.1, 0.15) is 6.54 Å². The smallest absolute Gasteiger partial charge is 0.255 e. The Bertz CT molecular complexity index is 1320. The summed E-state index contributed by atoms with van der Waals surface area (Å²) in [6.45, 7) is 9.16. The van der Waals surface area contributed by atoms with Gasteiger partial charge in [-0.2, -0.15) is 0 Å². The van der Waals surface area contributed by atoms with Crippen LogP contribution < -0.4 is 9.47 Å². The number of nitrogens with zero attached hydrogens (tertiary/aromatic N) is 2. The Hall–Kier alpha value is -3.48. The third-order valence-electron chi connectivity index (χ3n) is 7.95. The molecule has 3 aromatic rings. The molecule has 0 aliphatic carbocycles. The van der Waals surface area contributed by atoms with Gasteiger partial charge in [-0.15, -0.1) is 0 Å². The lowest BCUT2D eigenvalue weighted by atomic mass is 9.76. The van der Waals surface area contributed by atoms with Crippen LogP contribution in [0.25, 0.3) is 10.9 Å². The van der Waals surface area contributed by atoms with E-state index in [9.17, 15) is 9.59 Å². The number of nitrogens with one attached hydrogen (secondary N) is 1. The van der Waals surface area contributed by atoms with Crippen LogP contribution in [0.2, 0.25) is 0 Å². The fourth-order valence-electron chi connectivity index (χ4n) is 5.74. The summed E-state index contributed by atoms with van der Waals surface area (Å²) >= 11 is 0. The highest BCUT2D eigenvalue weighted by molar-refractivity contribution is 6.01. The Morgan fingerprint density at radius 1 is 1.14 bits per heavy atom.